The number of anilines is 2. The third-order valence-electron chi connectivity index (χ3n) is 7.65. The number of ether oxygens (including phenoxy) is 3. The number of rotatable bonds is 3. The highest BCUT2D eigenvalue weighted by Crippen LogP contribution is 2.58. The first-order valence-corrected chi connectivity index (χ1v) is 18.2. The molecule has 248 valence electrons. The number of nitrogens with zero attached hydrogens (tertiary/aromatic N) is 7. The molecule has 0 aliphatic carbocycles. The molecule has 0 aromatic carbocycles. The summed E-state index contributed by atoms with van der Waals surface area (Å²) in [6.07, 6.45) is -7.00. The van der Waals surface area contributed by atoms with E-state index in [0.29, 0.717) is 0 Å². The predicted molar refractivity (Wildman–Crippen MR) is 158 cm³/mol. The van der Waals surface area contributed by atoms with E-state index in [0.717, 1.165) is 6.66 Å². The molecule has 10 atom stereocenters. The number of nitrogens with one attached hydrogen (secondary N) is 1. The number of hydrogen-bond acceptors (Lipinski definition) is 17. The van der Waals surface area contributed by atoms with Gasteiger partial charge in [-0.25, -0.2) is 28.9 Å². The Bertz CT molecular complexity index is 1960. The monoisotopic (exact) mass is 704 g/mol. The SMILES string of the molecule is COC1C2COP(C)(=O)OC3C(F)C(n4cnc5c(N)ncnc54)O[C@@H]3COP(=O)(S)OC1C(n1cnc3c(=O)[nH]c(N)nc31)O2. The Morgan fingerprint density at radius 3 is 2.43 bits per heavy atom. The molecule has 20 nitrogen and oxygen atoms in total. The molecule has 7 rings (SSSR count). The molecule has 5 N–H and O–H groups in total. The summed E-state index contributed by atoms with van der Waals surface area (Å²) in [5.74, 6) is -0.124. The Kier molecular flexibility index (Phi) is 7.95. The fraction of sp³-hybridized carbons (Fsp3) is 0.545. The third kappa shape index (κ3) is 5.51. The Labute approximate surface area is 262 Å². The number of nitrogens with two attached hydrogens (primary N) is 2. The minimum atomic E-state index is -4.33. The van der Waals surface area contributed by atoms with Crippen LogP contribution < -0.4 is 17.0 Å². The second-order valence-electron chi connectivity index (χ2n) is 10.6. The highest BCUT2D eigenvalue weighted by atomic mass is 32.7. The molecular formula is C22H27FN10O10P2S. The van der Waals surface area contributed by atoms with Crippen molar-refractivity contribution in [3.8, 4) is 0 Å². The molecule has 0 radical (unpaired) electrons. The zero-order chi connectivity index (χ0) is 32.5. The molecule has 2 bridgehead atoms. The number of fused-ring (bicyclic) bond motifs is 5. The smallest absolute Gasteiger partial charge is 0.382 e. The van der Waals surface area contributed by atoms with Crippen molar-refractivity contribution in [1.82, 2.24) is 39.0 Å². The Morgan fingerprint density at radius 2 is 1.67 bits per heavy atom. The number of halogens is 1. The average Bonchev–Trinajstić information content (AvgIpc) is 3.75. The van der Waals surface area contributed by atoms with Crippen molar-refractivity contribution in [3.63, 3.8) is 0 Å². The van der Waals surface area contributed by atoms with Crippen LogP contribution in [0, 0.1) is 0 Å². The van der Waals surface area contributed by atoms with Gasteiger partial charge in [0.2, 0.25) is 5.95 Å². The maximum absolute atomic E-state index is 16.1. The van der Waals surface area contributed by atoms with Crippen LogP contribution in [0.4, 0.5) is 16.2 Å². The molecule has 4 aromatic heterocycles. The van der Waals surface area contributed by atoms with Gasteiger partial charge in [0.15, 0.2) is 41.3 Å². The van der Waals surface area contributed by atoms with Crippen LogP contribution in [-0.2, 0) is 41.4 Å². The third-order valence-corrected chi connectivity index (χ3v) is 10.5. The fourth-order valence-electron chi connectivity index (χ4n) is 5.64. The summed E-state index contributed by atoms with van der Waals surface area (Å²) in [6, 6.07) is 0. The van der Waals surface area contributed by atoms with Gasteiger partial charge in [-0.05, 0) is 0 Å². The number of nitrogen functional groups attached to an aromatic ring is 2. The normalized spacial score (nSPS) is 37.1. The molecule has 0 amide bonds. The summed E-state index contributed by atoms with van der Waals surface area (Å²) in [4.78, 5) is 35.1. The number of thiol groups is 1. The molecule has 0 spiro atoms. The summed E-state index contributed by atoms with van der Waals surface area (Å²) in [5.41, 5.74) is 11.4. The van der Waals surface area contributed by atoms with E-state index in [1.807, 2.05) is 0 Å². The van der Waals surface area contributed by atoms with Crippen molar-refractivity contribution in [2.75, 3.05) is 38.5 Å². The zero-order valence-corrected chi connectivity index (χ0v) is 26.5. The lowest BCUT2D eigenvalue weighted by molar-refractivity contribution is -0.0585. The number of H-pyrrole nitrogens is 1. The van der Waals surface area contributed by atoms with Crippen LogP contribution in [0.15, 0.2) is 23.8 Å². The Morgan fingerprint density at radius 1 is 0.978 bits per heavy atom. The van der Waals surface area contributed by atoms with E-state index >= 15 is 4.39 Å². The molecule has 46 heavy (non-hydrogen) atoms. The van der Waals surface area contributed by atoms with Gasteiger partial charge in [0.25, 0.3) is 5.56 Å². The maximum Gasteiger partial charge on any atom is 0.386 e. The van der Waals surface area contributed by atoms with Crippen LogP contribution in [-0.4, -0.2) is 103 Å². The molecule has 0 saturated carbocycles. The first-order chi connectivity index (χ1) is 21.9. The van der Waals surface area contributed by atoms with E-state index in [1.165, 1.54) is 35.2 Å². The second-order valence-corrected chi connectivity index (χ2v) is 15.5. The van der Waals surface area contributed by atoms with Crippen LogP contribution in [0.3, 0.4) is 0 Å². The number of methoxy groups -OCH3 is 1. The quantitative estimate of drug-likeness (QED) is 0.171. The van der Waals surface area contributed by atoms with Crippen molar-refractivity contribution >= 4 is 60.7 Å². The molecule has 9 unspecified atom stereocenters. The van der Waals surface area contributed by atoms with E-state index < -0.39 is 82.3 Å². The number of aromatic amines is 1. The van der Waals surface area contributed by atoms with E-state index in [1.54, 1.807) is 0 Å². The van der Waals surface area contributed by atoms with Gasteiger partial charge in [-0.1, -0.05) is 12.2 Å². The van der Waals surface area contributed by atoms with E-state index in [2.05, 4.69) is 42.2 Å². The highest BCUT2D eigenvalue weighted by molar-refractivity contribution is 8.44. The largest absolute Gasteiger partial charge is 0.386 e. The molecule has 3 saturated heterocycles. The predicted octanol–water partition coefficient (Wildman–Crippen LogP) is 0.950. The van der Waals surface area contributed by atoms with Crippen LogP contribution >= 0.6 is 26.6 Å². The second kappa shape index (κ2) is 11.6. The summed E-state index contributed by atoms with van der Waals surface area (Å²) >= 11 is 4.15. The topological polar surface area (TPSA) is 258 Å². The molecule has 3 aliphatic heterocycles. The van der Waals surface area contributed by atoms with Gasteiger partial charge in [-0.3, -0.25) is 37.0 Å². The zero-order valence-electron chi connectivity index (χ0n) is 23.9. The van der Waals surface area contributed by atoms with Gasteiger partial charge in [0.05, 0.1) is 25.9 Å². The van der Waals surface area contributed by atoms with E-state index in [-0.39, 0.29) is 34.1 Å². The lowest BCUT2D eigenvalue weighted by Crippen LogP contribution is -2.37. The van der Waals surface area contributed by atoms with Crippen LogP contribution in [0.1, 0.15) is 12.5 Å². The summed E-state index contributed by atoms with van der Waals surface area (Å²) in [7, 11) is -2.72. The minimum absolute atomic E-state index is 0.0260. The lowest BCUT2D eigenvalue weighted by Gasteiger charge is -2.27. The Balaban J connectivity index is 1.22. The Hall–Kier alpha value is -3.04. The van der Waals surface area contributed by atoms with Gasteiger partial charge < -0.3 is 30.2 Å². The van der Waals surface area contributed by atoms with Crippen LogP contribution in [0.2, 0.25) is 0 Å². The van der Waals surface area contributed by atoms with Crippen LogP contribution in [0.5, 0.6) is 0 Å². The standard InChI is InChI=1S/C22H27FN10O10P2S/c1-37-14-9-3-38-44(2,35)42-13-8(40-20(10(13)23)32-6-28-11-16(24)26-5-27-17(11)32)4-39-45(36,46)43-15(14)21(41-9)33-7-29-12-18(33)30-22(25)31-19(12)34/h5-10,13-15,20-21H,3-4H2,1-2H3,(H,36,46)(H2,24,26,27)(H3,25,30,31,34)/t8-,9?,10?,13?,14?,15?,20?,21?,44?,45?/m1/s1. The molecular weight excluding hydrogens is 677 g/mol. The van der Waals surface area contributed by atoms with Crippen LogP contribution in [0.25, 0.3) is 22.3 Å². The van der Waals surface area contributed by atoms with Gasteiger partial charge in [0, 0.05) is 13.8 Å². The lowest BCUT2D eigenvalue weighted by atomic mass is 10.1. The van der Waals surface area contributed by atoms with Gasteiger partial charge in [-0.15, -0.1) is 0 Å². The van der Waals surface area contributed by atoms with Gasteiger partial charge in [-0.2, -0.15) is 4.98 Å². The van der Waals surface area contributed by atoms with E-state index in [4.69, 9.17) is 43.8 Å². The molecule has 4 aromatic rings. The summed E-state index contributed by atoms with van der Waals surface area (Å²) in [5, 5.41) is 0. The van der Waals surface area contributed by atoms with E-state index in [9.17, 15) is 13.9 Å². The summed E-state index contributed by atoms with van der Waals surface area (Å²) in [6.45, 7) is -4.18. The number of imidazole rings is 2. The van der Waals surface area contributed by atoms with Gasteiger partial charge in [0.1, 0.15) is 42.4 Å². The van der Waals surface area contributed by atoms with Crippen molar-refractivity contribution < 1.29 is 45.8 Å². The fourth-order valence-corrected chi connectivity index (χ4v) is 8.27. The number of hydrogen-bond donors (Lipinski definition) is 4. The highest BCUT2D eigenvalue weighted by Gasteiger charge is 2.54. The summed E-state index contributed by atoms with van der Waals surface area (Å²) < 4.78 is 86.6. The molecule has 3 fully saturated rings. The molecule has 7 heterocycles. The molecule has 24 heteroatoms. The van der Waals surface area contributed by atoms with Crippen molar-refractivity contribution in [3.05, 3.63) is 29.3 Å². The van der Waals surface area contributed by atoms with Crippen molar-refractivity contribution in [2.24, 2.45) is 0 Å². The van der Waals surface area contributed by atoms with Crippen molar-refractivity contribution in [1.29, 1.82) is 0 Å². The molecule has 3 aliphatic rings. The first-order valence-electron chi connectivity index (χ1n) is 13.5. The van der Waals surface area contributed by atoms with Crippen molar-refractivity contribution in [2.45, 2.75) is 49.1 Å². The number of alkyl halides is 1. The maximum atomic E-state index is 16.1. The average molecular weight is 705 g/mol. The minimum Gasteiger partial charge on any atom is -0.382 e. The van der Waals surface area contributed by atoms with Gasteiger partial charge >= 0.3 is 14.4 Å². The first kappa shape index (κ1) is 31.6. The number of aromatic nitrogens is 8.